The van der Waals surface area contributed by atoms with Crippen LogP contribution in [-0.4, -0.2) is 36.3 Å². The van der Waals surface area contributed by atoms with Crippen LogP contribution in [0.5, 0.6) is 0 Å². The van der Waals surface area contributed by atoms with Gasteiger partial charge in [0, 0.05) is 11.4 Å². The van der Waals surface area contributed by atoms with Gasteiger partial charge in [-0.2, -0.15) is 0 Å². The molecule has 1 heterocycles. The summed E-state index contributed by atoms with van der Waals surface area (Å²) < 4.78 is 0. The van der Waals surface area contributed by atoms with Crippen molar-refractivity contribution in [2.75, 3.05) is 30.3 Å². The number of rotatable bonds is 7. The zero-order valence-corrected chi connectivity index (χ0v) is 15.1. The minimum Gasteiger partial charge on any atom is -0.325 e. The van der Waals surface area contributed by atoms with Gasteiger partial charge in [-0.1, -0.05) is 19.9 Å². The first-order valence-electron chi connectivity index (χ1n) is 8.01. The van der Waals surface area contributed by atoms with Crippen molar-refractivity contribution in [3.63, 3.8) is 0 Å². The van der Waals surface area contributed by atoms with Crippen molar-refractivity contribution >= 4 is 34.5 Å². The Hall–Kier alpha value is -2.18. The number of aryl methyl sites for hydroxylation is 1. The molecule has 0 bridgehead atoms. The summed E-state index contributed by atoms with van der Waals surface area (Å²) in [6, 6.07) is 9.11. The zero-order chi connectivity index (χ0) is 17.5. The van der Waals surface area contributed by atoms with E-state index in [-0.39, 0.29) is 11.8 Å². The maximum Gasteiger partial charge on any atom is 0.265 e. The molecule has 24 heavy (non-hydrogen) atoms. The minimum absolute atomic E-state index is 0.0304. The van der Waals surface area contributed by atoms with Gasteiger partial charge in [-0.05, 0) is 55.2 Å². The number of likely N-dealkylation sites (N-methyl/N-ethyl adjacent to an activating group) is 1. The molecule has 0 atom stereocenters. The van der Waals surface area contributed by atoms with Gasteiger partial charge in [-0.15, -0.1) is 11.3 Å². The maximum atomic E-state index is 12.1. The van der Waals surface area contributed by atoms with Crippen LogP contribution in [0.15, 0.2) is 35.7 Å². The number of anilines is 2. The average Bonchev–Trinajstić information content (AvgIpc) is 3.10. The van der Waals surface area contributed by atoms with Crippen molar-refractivity contribution < 1.29 is 9.59 Å². The third kappa shape index (κ3) is 4.91. The van der Waals surface area contributed by atoms with E-state index in [4.69, 9.17) is 0 Å². The molecule has 0 radical (unpaired) electrons. The summed E-state index contributed by atoms with van der Waals surface area (Å²) in [6.45, 7) is 8.05. The average molecular weight is 345 g/mol. The molecule has 0 saturated carbocycles. The number of hydrogen-bond donors (Lipinski definition) is 2. The van der Waals surface area contributed by atoms with Crippen LogP contribution in [-0.2, 0) is 4.79 Å². The Balaban J connectivity index is 1.99. The SMILES string of the molecule is CCN(CC)CC(=O)Nc1ccc(NC(=O)c2cccs2)cc1C. The first-order chi connectivity index (χ1) is 11.5. The molecule has 1 aromatic heterocycles. The highest BCUT2D eigenvalue weighted by atomic mass is 32.1. The number of thiophene rings is 1. The monoisotopic (exact) mass is 345 g/mol. The predicted molar refractivity (Wildman–Crippen MR) is 99.9 cm³/mol. The summed E-state index contributed by atoms with van der Waals surface area (Å²) in [7, 11) is 0. The van der Waals surface area contributed by atoms with Gasteiger partial charge in [0.2, 0.25) is 5.91 Å². The Morgan fingerprint density at radius 1 is 1.12 bits per heavy atom. The first kappa shape index (κ1) is 18.2. The van der Waals surface area contributed by atoms with Crippen LogP contribution < -0.4 is 10.6 Å². The highest BCUT2D eigenvalue weighted by Gasteiger charge is 2.11. The second kappa shape index (κ2) is 8.61. The second-order valence-electron chi connectivity index (χ2n) is 5.47. The number of carbonyl (C=O) groups is 2. The van der Waals surface area contributed by atoms with Crippen molar-refractivity contribution in [1.29, 1.82) is 0 Å². The standard InChI is InChI=1S/C18H23N3O2S/c1-4-21(5-2)12-17(22)20-15-9-8-14(11-13(15)3)19-18(23)16-7-6-10-24-16/h6-11H,4-5,12H2,1-3H3,(H,19,23)(H,20,22). The molecule has 1 aromatic carbocycles. The summed E-state index contributed by atoms with van der Waals surface area (Å²) in [4.78, 5) is 26.9. The number of hydrogen-bond acceptors (Lipinski definition) is 4. The fraction of sp³-hybridized carbons (Fsp3) is 0.333. The molecule has 128 valence electrons. The van der Waals surface area contributed by atoms with E-state index in [2.05, 4.69) is 15.5 Å². The molecule has 0 aliphatic heterocycles. The van der Waals surface area contributed by atoms with E-state index in [9.17, 15) is 9.59 Å². The topological polar surface area (TPSA) is 61.4 Å². The Kier molecular flexibility index (Phi) is 6.52. The maximum absolute atomic E-state index is 12.1. The molecule has 2 amide bonds. The molecule has 2 N–H and O–H groups in total. The summed E-state index contributed by atoms with van der Waals surface area (Å²) >= 11 is 1.40. The highest BCUT2D eigenvalue weighted by molar-refractivity contribution is 7.12. The van der Waals surface area contributed by atoms with Crippen molar-refractivity contribution in [1.82, 2.24) is 4.90 Å². The Morgan fingerprint density at radius 3 is 2.46 bits per heavy atom. The van der Waals surface area contributed by atoms with Crippen molar-refractivity contribution in [3.8, 4) is 0 Å². The van der Waals surface area contributed by atoms with Crippen LogP contribution in [0.2, 0.25) is 0 Å². The van der Waals surface area contributed by atoms with Crippen LogP contribution >= 0.6 is 11.3 Å². The fourth-order valence-corrected chi connectivity index (χ4v) is 2.94. The van der Waals surface area contributed by atoms with E-state index >= 15 is 0 Å². The lowest BCUT2D eigenvalue weighted by Gasteiger charge is -2.18. The van der Waals surface area contributed by atoms with E-state index in [0.29, 0.717) is 17.1 Å². The van der Waals surface area contributed by atoms with Crippen LogP contribution in [0.25, 0.3) is 0 Å². The number of nitrogens with one attached hydrogen (secondary N) is 2. The van der Waals surface area contributed by atoms with Gasteiger partial charge in [-0.3, -0.25) is 14.5 Å². The first-order valence-corrected chi connectivity index (χ1v) is 8.89. The molecule has 0 aliphatic carbocycles. The Morgan fingerprint density at radius 2 is 1.88 bits per heavy atom. The van der Waals surface area contributed by atoms with E-state index in [1.165, 1.54) is 11.3 Å². The smallest absolute Gasteiger partial charge is 0.265 e. The number of nitrogens with zero attached hydrogens (tertiary/aromatic N) is 1. The molecule has 2 rings (SSSR count). The lowest BCUT2D eigenvalue weighted by Crippen LogP contribution is -2.33. The highest BCUT2D eigenvalue weighted by Crippen LogP contribution is 2.21. The zero-order valence-electron chi connectivity index (χ0n) is 14.3. The normalized spacial score (nSPS) is 10.7. The largest absolute Gasteiger partial charge is 0.325 e. The molecule has 0 aliphatic rings. The van der Waals surface area contributed by atoms with Gasteiger partial charge >= 0.3 is 0 Å². The van der Waals surface area contributed by atoms with Gasteiger partial charge in [0.25, 0.3) is 5.91 Å². The molecular weight excluding hydrogens is 322 g/mol. The van der Waals surface area contributed by atoms with Gasteiger partial charge in [0.15, 0.2) is 0 Å². The Bertz CT molecular complexity index is 694. The van der Waals surface area contributed by atoms with Crippen LogP contribution in [0.3, 0.4) is 0 Å². The molecule has 5 nitrogen and oxygen atoms in total. The summed E-state index contributed by atoms with van der Waals surface area (Å²) in [6.07, 6.45) is 0. The summed E-state index contributed by atoms with van der Waals surface area (Å²) in [5.74, 6) is -0.153. The number of benzene rings is 1. The third-order valence-electron chi connectivity index (χ3n) is 3.76. The van der Waals surface area contributed by atoms with Crippen LogP contribution in [0.1, 0.15) is 29.1 Å². The van der Waals surface area contributed by atoms with Gasteiger partial charge in [0.1, 0.15) is 0 Å². The van der Waals surface area contributed by atoms with E-state index in [1.807, 2.05) is 44.4 Å². The van der Waals surface area contributed by atoms with E-state index < -0.39 is 0 Å². The third-order valence-corrected chi connectivity index (χ3v) is 4.63. The predicted octanol–water partition coefficient (Wildman–Crippen LogP) is 3.59. The van der Waals surface area contributed by atoms with Crippen LogP contribution in [0, 0.1) is 6.92 Å². The molecule has 0 fully saturated rings. The van der Waals surface area contributed by atoms with Gasteiger partial charge in [0.05, 0.1) is 11.4 Å². The molecular formula is C18H23N3O2S. The van der Waals surface area contributed by atoms with Gasteiger partial charge < -0.3 is 10.6 Å². The molecule has 0 spiro atoms. The quantitative estimate of drug-likeness (QED) is 0.806. The molecule has 6 heteroatoms. The molecule has 0 unspecified atom stereocenters. The summed E-state index contributed by atoms with van der Waals surface area (Å²) in [5.41, 5.74) is 2.39. The van der Waals surface area contributed by atoms with E-state index in [1.54, 1.807) is 12.1 Å². The fourth-order valence-electron chi connectivity index (χ4n) is 2.32. The van der Waals surface area contributed by atoms with Crippen LogP contribution in [0.4, 0.5) is 11.4 Å². The minimum atomic E-state index is -0.122. The summed E-state index contributed by atoms with van der Waals surface area (Å²) in [5, 5.41) is 7.66. The van der Waals surface area contributed by atoms with Crippen molar-refractivity contribution in [2.24, 2.45) is 0 Å². The van der Waals surface area contributed by atoms with E-state index in [0.717, 1.165) is 24.3 Å². The molecule has 0 saturated heterocycles. The Labute approximate surface area is 146 Å². The lowest BCUT2D eigenvalue weighted by molar-refractivity contribution is -0.117. The second-order valence-corrected chi connectivity index (χ2v) is 6.42. The number of carbonyl (C=O) groups excluding carboxylic acids is 2. The number of amides is 2. The lowest BCUT2D eigenvalue weighted by atomic mass is 10.1. The molecule has 2 aromatic rings. The van der Waals surface area contributed by atoms with Crippen molar-refractivity contribution in [2.45, 2.75) is 20.8 Å². The van der Waals surface area contributed by atoms with Gasteiger partial charge in [-0.25, -0.2) is 0 Å². The van der Waals surface area contributed by atoms with Crippen molar-refractivity contribution in [3.05, 3.63) is 46.2 Å².